The Balaban J connectivity index is 2.91. The number of halogens is 1. The van der Waals surface area contributed by atoms with Crippen LogP contribution < -0.4 is 11.3 Å². The minimum Gasteiger partial charge on any atom is -0.453 e. The molecule has 4 heteroatoms. The van der Waals surface area contributed by atoms with Gasteiger partial charge in [0.05, 0.1) is 12.3 Å². The van der Waals surface area contributed by atoms with Crippen LogP contribution in [-0.4, -0.2) is 0 Å². The molecule has 1 atom stereocenters. The van der Waals surface area contributed by atoms with E-state index in [-0.39, 0.29) is 6.04 Å². The summed E-state index contributed by atoms with van der Waals surface area (Å²) in [6, 6.07) is 1.71. The quantitative estimate of drug-likeness (QED) is 0.448. The third-order valence-electron chi connectivity index (χ3n) is 1.66. The van der Waals surface area contributed by atoms with Gasteiger partial charge in [0.15, 0.2) is 5.22 Å². The zero-order chi connectivity index (χ0) is 9.84. The van der Waals surface area contributed by atoms with Crippen molar-refractivity contribution in [3.63, 3.8) is 0 Å². The Hall–Kier alpha value is -0.770. The number of allylic oxidation sites excluding steroid dienone is 1. The monoisotopic (exact) mass is 200 g/mol. The van der Waals surface area contributed by atoms with Crippen LogP contribution in [0.2, 0.25) is 5.22 Å². The van der Waals surface area contributed by atoms with E-state index in [0.717, 1.165) is 5.56 Å². The van der Waals surface area contributed by atoms with Gasteiger partial charge in [0.25, 0.3) is 0 Å². The summed E-state index contributed by atoms with van der Waals surface area (Å²) in [6.07, 6.45) is 3.53. The summed E-state index contributed by atoms with van der Waals surface area (Å²) in [4.78, 5) is 0. The van der Waals surface area contributed by atoms with Crippen molar-refractivity contribution in [3.8, 4) is 0 Å². The fourth-order valence-corrected chi connectivity index (χ4v) is 1.32. The van der Waals surface area contributed by atoms with Crippen LogP contribution in [0.5, 0.6) is 0 Å². The SMILES string of the molecule is CC(C)=CC(NN)c1ccoc1Cl. The standard InChI is InChI=1S/C9H13ClN2O/c1-6(2)5-8(12-11)7-3-4-13-9(7)10/h3-5,8,12H,11H2,1-2H3. The zero-order valence-electron chi connectivity index (χ0n) is 7.67. The van der Waals surface area contributed by atoms with Crippen LogP contribution in [0.3, 0.4) is 0 Å². The average Bonchev–Trinajstić information content (AvgIpc) is 2.47. The van der Waals surface area contributed by atoms with Gasteiger partial charge in [-0.15, -0.1) is 0 Å². The highest BCUT2D eigenvalue weighted by molar-refractivity contribution is 6.29. The molecule has 0 aliphatic rings. The minimum atomic E-state index is -0.0868. The summed E-state index contributed by atoms with van der Waals surface area (Å²) in [7, 11) is 0. The maximum absolute atomic E-state index is 5.81. The van der Waals surface area contributed by atoms with Crippen molar-refractivity contribution in [1.82, 2.24) is 5.43 Å². The van der Waals surface area contributed by atoms with Gasteiger partial charge in [-0.25, -0.2) is 5.43 Å². The molecule has 0 saturated heterocycles. The number of hydrazine groups is 1. The number of hydrogen-bond donors (Lipinski definition) is 2. The number of nitrogens with one attached hydrogen (secondary N) is 1. The number of hydrogen-bond acceptors (Lipinski definition) is 3. The topological polar surface area (TPSA) is 51.2 Å². The first-order chi connectivity index (χ1) is 6.15. The fraction of sp³-hybridized carbons (Fsp3) is 0.333. The van der Waals surface area contributed by atoms with Crippen molar-refractivity contribution in [3.05, 3.63) is 34.8 Å². The molecule has 13 heavy (non-hydrogen) atoms. The third-order valence-corrected chi connectivity index (χ3v) is 1.97. The second kappa shape index (κ2) is 4.46. The summed E-state index contributed by atoms with van der Waals surface area (Å²) >= 11 is 5.81. The predicted molar refractivity (Wildman–Crippen MR) is 53.2 cm³/mol. The van der Waals surface area contributed by atoms with Gasteiger partial charge >= 0.3 is 0 Å². The van der Waals surface area contributed by atoms with E-state index in [0.29, 0.717) is 5.22 Å². The summed E-state index contributed by atoms with van der Waals surface area (Å²) in [5, 5.41) is 0.375. The van der Waals surface area contributed by atoms with E-state index in [4.69, 9.17) is 21.9 Å². The molecule has 1 unspecified atom stereocenters. The molecule has 0 radical (unpaired) electrons. The molecule has 3 N–H and O–H groups in total. The molecule has 1 aromatic rings. The predicted octanol–water partition coefficient (Wildman–Crippen LogP) is 2.40. The molecule has 0 amide bonds. The molecule has 1 heterocycles. The van der Waals surface area contributed by atoms with E-state index < -0.39 is 0 Å². The molecule has 0 fully saturated rings. The molecule has 0 spiro atoms. The average molecular weight is 201 g/mol. The minimum absolute atomic E-state index is 0.0868. The van der Waals surface area contributed by atoms with Crippen molar-refractivity contribution in [1.29, 1.82) is 0 Å². The lowest BCUT2D eigenvalue weighted by Crippen LogP contribution is -2.26. The summed E-state index contributed by atoms with van der Waals surface area (Å²) in [5.41, 5.74) is 4.67. The molecule has 1 rings (SSSR count). The Morgan fingerprint density at radius 2 is 2.38 bits per heavy atom. The van der Waals surface area contributed by atoms with E-state index >= 15 is 0 Å². The van der Waals surface area contributed by atoms with Crippen LogP contribution in [0.15, 0.2) is 28.4 Å². The first kappa shape index (κ1) is 10.3. The molecule has 72 valence electrons. The van der Waals surface area contributed by atoms with Gasteiger partial charge in [-0.3, -0.25) is 5.84 Å². The molecule has 0 bridgehead atoms. The van der Waals surface area contributed by atoms with Gasteiger partial charge in [0.1, 0.15) is 0 Å². The summed E-state index contributed by atoms with van der Waals surface area (Å²) < 4.78 is 4.97. The van der Waals surface area contributed by atoms with Crippen LogP contribution in [0, 0.1) is 0 Å². The molecular formula is C9H13ClN2O. The van der Waals surface area contributed by atoms with E-state index in [9.17, 15) is 0 Å². The van der Waals surface area contributed by atoms with E-state index in [1.165, 1.54) is 5.57 Å². The lowest BCUT2D eigenvalue weighted by Gasteiger charge is -2.10. The Bertz CT molecular complexity index is 302. The van der Waals surface area contributed by atoms with Crippen LogP contribution in [0.25, 0.3) is 0 Å². The second-order valence-electron chi connectivity index (χ2n) is 3.04. The normalized spacial score (nSPS) is 12.6. The largest absolute Gasteiger partial charge is 0.453 e. The van der Waals surface area contributed by atoms with E-state index in [1.807, 2.05) is 19.9 Å². The maximum Gasteiger partial charge on any atom is 0.198 e. The highest BCUT2D eigenvalue weighted by atomic mass is 35.5. The zero-order valence-corrected chi connectivity index (χ0v) is 8.43. The van der Waals surface area contributed by atoms with E-state index in [1.54, 1.807) is 12.3 Å². The van der Waals surface area contributed by atoms with Crippen molar-refractivity contribution < 1.29 is 4.42 Å². The fourth-order valence-electron chi connectivity index (χ4n) is 1.09. The molecule has 3 nitrogen and oxygen atoms in total. The number of rotatable bonds is 3. The Morgan fingerprint density at radius 1 is 1.69 bits per heavy atom. The lowest BCUT2D eigenvalue weighted by molar-refractivity contribution is 0.557. The van der Waals surface area contributed by atoms with Crippen molar-refractivity contribution >= 4 is 11.6 Å². The van der Waals surface area contributed by atoms with Gasteiger partial charge in [-0.2, -0.15) is 0 Å². The van der Waals surface area contributed by atoms with Crippen molar-refractivity contribution in [2.24, 2.45) is 5.84 Å². The second-order valence-corrected chi connectivity index (χ2v) is 3.38. The van der Waals surface area contributed by atoms with Crippen molar-refractivity contribution in [2.75, 3.05) is 0 Å². The molecule has 0 aliphatic carbocycles. The third kappa shape index (κ3) is 2.59. The Kier molecular flexibility index (Phi) is 3.54. The summed E-state index contributed by atoms with van der Waals surface area (Å²) in [5.74, 6) is 5.39. The first-order valence-corrected chi connectivity index (χ1v) is 4.37. The maximum atomic E-state index is 5.81. The Labute approximate surface area is 82.5 Å². The van der Waals surface area contributed by atoms with Crippen LogP contribution in [0.1, 0.15) is 25.5 Å². The molecule has 0 aromatic carbocycles. The number of furan rings is 1. The van der Waals surface area contributed by atoms with Crippen LogP contribution >= 0.6 is 11.6 Å². The molecule has 1 aromatic heterocycles. The van der Waals surface area contributed by atoms with Crippen molar-refractivity contribution in [2.45, 2.75) is 19.9 Å². The highest BCUT2D eigenvalue weighted by Crippen LogP contribution is 2.24. The van der Waals surface area contributed by atoms with Crippen LogP contribution in [-0.2, 0) is 0 Å². The van der Waals surface area contributed by atoms with Crippen LogP contribution in [0.4, 0.5) is 0 Å². The van der Waals surface area contributed by atoms with E-state index in [2.05, 4.69) is 5.43 Å². The summed E-state index contributed by atoms with van der Waals surface area (Å²) in [6.45, 7) is 4.00. The van der Waals surface area contributed by atoms with Gasteiger partial charge in [0, 0.05) is 5.56 Å². The molecule has 0 saturated carbocycles. The van der Waals surface area contributed by atoms with Gasteiger partial charge < -0.3 is 4.42 Å². The van der Waals surface area contributed by atoms with Gasteiger partial charge in [-0.1, -0.05) is 11.6 Å². The molecular weight excluding hydrogens is 188 g/mol. The van der Waals surface area contributed by atoms with Gasteiger partial charge in [-0.05, 0) is 31.5 Å². The molecule has 0 aliphatic heterocycles. The number of nitrogens with two attached hydrogens (primary N) is 1. The highest BCUT2D eigenvalue weighted by Gasteiger charge is 2.12. The lowest BCUT2D eigenvalue weighted by atomic mass is 10.1. The first-order valence-electron chi connectivity index (χ1n) is 3.99. The smallest absolute Gasteiger partial charge is 0.198 e. The Morgan fingerprint density at radius 3 is 2.77 bits per heavy atom. The van der Waals surface area contributed by atoms with Gasteiger partial charge in [0.2, 0.25) is 0 Å².